The largest absolute Gasteiger partial charge is 0.459 e. The highest BCUT2D eigenvalue weighted by molar-refractivity contribution is 5.85. The summed E-state index contributed by atoms with van der Waals surface area (Å²) in [5.74, 6) is 1.89. The zero-order valence-corrected chi connectivity index (χ0v) is 16.6. The fourth-order valence-electron chi connectivity index (χ4n) is 2.72. The highest BCUT2D eigenvalue weighted by Crippen LogP contribution is 2.22. The molecular formula is C17H27Cl2N3O3. The van der Waals surface area contributed by atoms with Crippen molar-refractivity contribution < 1.29 is 13.6 Å². The summed E-state index contributed by atoms with van der Waals surface area (Å²) in [6.45, 7) is 8.37. The Bertz CT molecular complexity index is 656. The van der Waals surface area contributed by atoms with Crippen LogP contribution in [0.2, 0.25) is 0 Å². The molecule has 0 aromatic carbocycles. The van der Waals surface area contributed by atoms with Crippen LogP contribution in [-0.2, 0) is 11.2 Å². The lowest BCUT2D eigenvalue weighted by Gasteiger charge is -2.31. The Morgan fingerprint density at radius 3 is 2.60 bits per heavy atom. The van der Waals surface area contributed by atoms with Crippen molar-refractivity contribution in [2.45, 2.75) is 46.1 Å². The summed E-state index contributed by atoms with van der Waals surface area (Å²) in [6.07, 6.45) is 2.54. The van der Waals surface area contributed by atoms with Gasteiger partial charge in [0.1, 0.15) is 5.76 Å². The second kappa shape index (κ2) is 9.85. The number of hydrogen-bond acceptors (Lipinski definition) is 5. The minimum absolute atomic E-state index is 0. The minimum atomic E-state index is -0.410. The number of hydrogen-bond donors (Lipinski definition) is 2. The van der Waals surface area contributed by atoms with Gasteiger partial charge >= 0.3 is 0 Å². The highest BCUT2D eigenvalue weighted by Gasteiger charge is 2.26. The van der Waals surface area contributed by atoms with Crippen LogP contribution in [0.4, 0.5) is 0 Å². The van der Waals surface area contributed by atoms with Crippen LogP contribution in [0.3, 0.4) is 0 Å². The van der Waals surface area contributed by atoms with E-state index in [1.54, 1.807) is 25.3 Å². The van der Waals surface area contributed by atoms with Crippen LogP contribution in [0, 0.1) is 12.8 Å². The maximum atomic E-state index is 12.3. The van der Waals surface area contributed by atoms with Gasteiger partial charge in [0.15, 0.2) is 5.76 Å². The van der Waals surface area contributed by atoms with Crippen LogP contribution in [-0.4, -0.2) is 23.0 Å². The monoisotopic (exact) mass is 391 g/mol. The van der Waals surface area contributed by atoms with Gasteiger partial charge in [0.2, 0.25) is 5.91 Å². The van der Waals surface area contributed by atoms with E-state index < -0.39 is 5.54 Å². The first kappa shape index (κ1) is 23.5. The molecule has 6 nitrogen and oxygen atoms in total. The van der Waals surface area contributed by atoms with E-state index in [0.29, 0.717) is 35.6 Å². The molecule has 25 heavy (non-hydrogen) atoms. The number of carbonyl (C=O) groups is 1. The van der Waals surface area contributed by atoms with E-state index in [1.165, 1.54) is 0 Å². The first-order valence-electron chi connectivity index (χ1n) is 7.84. The molecule has 0 aliphatic rings. The number of amides is 1. The lowest BCUT2D eigenvalue weighted by molar-refractivity contribution is -0.122. The van der Waals surface area contributed by atoms with Crippen LogP contribution in [0.1, 0.15) is 38.6 Å². The molecule has 0 saturated carbocycles. The second-order valence-electron chi connectivity index (χ2n) is 6.59. The number of furan rings is 1. The predicted molar refractivity (Wildman–Crippen MR) is 102 cm³/mol. The summed E-state index contributed by atoms with van der Waals surface area (Å²) in [4.78, 5) is 16.7. The molecule has 0 saturated heterocycles. The first-order valence-corrected chi connectivity index (χ1v) is 7.84. The molecule has 0 spiro atoms. The van der Waals surface area contributed by atoms with Crippen molar-refractivity contribution in [3.63, 3.8) is 0 Å². The molecule has 0 bridgehead atoms. The predicted octanol–water partition coefficient (Wildman–Crippen LogP) is 3.51. The normalized spacial score (nSPS) is 12.9. The van der Waals surface area contributed by atoms with Crippen LogP contribution in [0.15, 0.2) is 27.2 Å². The van der Waals surface area contributed by atoms with Crippen molar-refractivity contribution in [2.24, 2.45) is 11.7 Å². The molecule has 0 aliphatic carbocycles. The molecule has 0 fully saturated rings. The van der Waals surface area contributed by atoms with Crippen molar-refractivity contribution in [2.75, 3.05) is 6.54 Å². The second-order valence-corrected chi connectivity index (χ2v) is 6.59. The van der Waals surface area contributed by atoms with E-state index in [9.17, 15) is 4.79 Å². The van der Waals surface area contributed by atoms with E-state index in [0.717, 1.165) is 6.42 Å². The number of carbonyl (C=O) groups excluding carboxylic acids is 1. The van der Waals surface area contributed by atoms with Gasteiger partial charge in [-0.15, -0.1) is 24.8 Å². The summed E-state index contributed by atoms with van der Waals surface area (Å²) in [6, 6.07) is 3.53. The Morgan fingerprint density at radius 1 is 1.40 bits per heavy atom. The maximum absolute atomic E-state index is 12.3. The van der Waals surface area contributed by atoms with Crippen molar-refractivity contribution in [3.05, 3.63) is 29.9 Å². The molecular weight excluding hydrogens is 365 g/mol. The summed E-state index contributed by atoms with van der Waals surface area (Å²) >= 11 is 0. The van der Waals surface area contributed by atoms with Gasteiger partial charge in [0.05, 0.1) is 18.4 Å². The molecule has 0 radical (unpaired) electrons. The number of nitrogens with one attached hydrogen (secondary N) is 1. The number of aryl methyl sites for hydroxylation is 1. The Hall–Kier alpha value is -1.50. The molecule has 2 aromatic rings. The number of nitrogens with two attached hydrogens (primary N) is 1. The third-order valence-electron chi connectivity index (χ3n) is 3.70. The van der Waals surface area contributed by atoms with E-state index in [4.69, 9.17) is 14.6 Å². The van der Waals surface area contributed by atoms with Gasteiger partial charge in [0, 0.05) is 12.1 Å². The average Bonchev–Trinajstić information content (AvgIpc) is 3.08. The van der Waals surface area contributed by atoms with Crippen LogP contribution < -0.4 is 11.1 Å². The molecule has 8 heteroatoms. The molecule has 0 aliphatic heterocycles. The van der Waals surface area contributed by atoms with Crippen LogP contribution in [0.5, 0.6) is 0 Å². The standard InChI is InChI=1S/C17H25N3O3.2ClH/c1-11(2)9-17(4,10-18)20-15(21)8-13-12(3)23-16(19-13)14-6-5-7-22-14;;/h5-7,11H,8-10,18H2,1-4H3,(H,20,21);2*1H. The number of oxazole rings is 1. The number of aromatic nitrogens is 1. The summed E-state index contributed by atoms with van der Waals surface area (Å²) < 4.78 is 10.8. The molecule has 142 valence electrons. The first-order chi connectivity index (χ1) is 10.8. The van der Waals surface area contributed by atoms with Gasteiger partial charge in [-0.1, -0.05) is 13.8 Å². The van der Waals surface area contributed by atoms with E-state index >= 15 is 0 Å². The van der Waals surface area contributed by atoms with Gasteiger partial charge in [-0.3, -0.25) is 4.79 Å². The van der Waals surface area contributed by atoms with Crippen molar-refractivity contribution in [3.8, 4) is 11.7 Å². The van der Waals surface area contributed by atoms with Crippen LogP contribution in [0.25, 0.3) is 11.7 Å². The van der Waals surface area contributed by atoms with Crippen molar-refractivity contribution >= 4 is 30.7 Å². The van der Waals surface area contributed by atoms with Crippen molar-refractivity contribution in [1.29, 1.82) is 0 Å². The smallest absolute Gasteiger partial charge is 0.263 e. The quantitative estimate of drug-likeness (QED) is 0.752. The number of halogens is 2. The van der Waals surface area contributed by atoms with E-state index in [1.807, 2.05) is 6.92 Å². The summed E-state index contributed by atoms with van der Waals surface area (Å²) in [7, 11) is 0. The zero-order valence-electron chi connectivity index (χ0n) is 15.0. The Morgan fingerprint density at radius 2 is 2.08 bits per heavy atom. The molecule has 2 rings (SSSR count). The molecule has 1 amide bonds. The van der Waals surface area contributed by atoms with Gasteiger partial charge in [-0.05, 0) is 38.3 Å². The Kier molecular flexibility index (Phi) is 9.26. The maximum Gasteiger partial charge on any atom is 0.263 e. The van der Waals surface area contributed by atoms with E-state index in [-0.39, 0.29) is 37.1 Å². The average molecular weight is 392 g/mol. The summed E-state index contributed by atoms with van der Waals surface area (Å²) in [5, 5.41) is 3.03. The molecule has 1 unspecified atom stereocenters. The zero-order chi connectivity index (χ0) is 17.0. The van der Waals surface area contributed by atoms with Crippen molar-refractivity contribution in [1.82, 2.24) is 10.3 Å². The van der Waals surface area contributed by atoms with E-state index in [2.05, 4.69) is 24.1 Å². The fraction of sp³-hybridized carbons (Fsp3) is 0.529. The molecule has 1 atom stereocenters. The molecule has 2 aromatic heterocycles. The third-order valence-corrected chi connectivity index (χ3v) is 3.70. The van der Waals surface area contributed by atoms with Crippen LogP contribution >= 0.6 is 24.8 Å². The SMILES string of the molecule is Cc1oc(-c2ccco2)nc1CC(=O)NC(C)(CN)CC(C)C.Cl.Cl. The van der Waals surface area contributed by atoms with Gasteiger partial charge in [-0.2, -0.15) is 0 Å². The van der Waals surface area contributed by atoms with Gasteiger partial charge in [-0.25, -0.2) is 4.98 Å². The molecule has 3 N–H and O–H groups in total. The number of nitrogens with zero attached hydrogens (tertiary/aromatic N) is 1. The lowest BCUT2D eigenvalue weighted by atomic mass is 9.90. The number of rotatable bonds is 7. The third kappa shape index (κ3) is 6.38. The Labute approximate surface area is 160 Å². The summed E-state index contributed by atoms with van der Waals surface area (Å²) in [5.41, 5.74) is 6.03. The highest BCUT2D eigenvalue weighted by atomic mass is 35.5. The minimum Gasteiger partial charge on any atom is -0.459 e. The molecule has 2 heterocycles. The lowest BCUT2D eigenvalue weighted by Crippen LogP contribution is -2.52. The van der Waals surface area contributed by atoms with Gasteiger partial charge in [0.25, 0.3) is 5.89 Å². The Balaban J connectivity index is 0.00000288. The fourth-order valence-corrected chi connectivity index (χ4v) is 2.72. The topological polar surface area (TPSA) is 94.3 Å². The van der Waals surface area contributed by atoms with Gasteiger partial charge < -0.3 is 19.9 Å².